The first kappa shape index (κ1) is 16.3. The van der Waals surface area contributed by atoms with E-state index in [1.807, 2.05) is 0 Å². The maximum absolute atomic E-state index is 12.8. The van der Waals surface area contributed by atoms with Crippen molar-refractivity contribution in [3.63, 3.8) is 0 Å². The number of ether oxygens (including phenoxy) is 1. The van der Waals surface area contributed by atoms with Gasteiger partial charge in [-0.05, 0) is 6.07 Å². The van der Waals surface area contributed by atoms with Gasteiger partial charge in [0.25, 0.3) is 12.3 Å². The number of carbonyl (C=O) groups excluding carboxylic acids is 1. The average Bonchev–Trinajstić information content (AvgIpc) is 2.84. The number of amides is 1. The minimum absolute atomic E-state index is 0.0274. The van der Waals surface area contributed by atoms with Crippen LogP contribution in [0.3, 0.4) is 0 Å². The topological polar surface area (TPSA) is 49.8 Å². The minimum atomic E-state index is -2.91. The Morgan fingerprint density at radius 2 is 2.10 bits per heavy atom. The summed E-state index contributed by atoms with van der Waals surface area (Å²) in [4.78, 5) is 13.5. The summed E-state index contributed by atoms with van der Waals surface area (Å²) in [6, 6.07) is 2.71. The van der Waals surface area contributed by atoms with Crippen LogP contribution in [0.5, 0.6) is 5.75 Å². The van der Waals surface area contributed by atoms with Gasteiger partial charge < -0.3 is 14.7 Å². The van der Waals surface area contributed by atoms with Crippen molar-refractivity contribution in [2.75, 3.05) is 20.2 Å². The van der Waals surface area contributed by atoms with Gasteiger partial charge in [-0.15, -0.1) is 0 Å². The Hall–Kier alpha value is -1.11. The highest BCUT2D eigenvalue weighted by Crippen LogP contribution is 2.34. The molecule has 4 nitrogen and oxygen atoms in total. The fraction of sp³-hybridized carbons (Fsp3) is 0.462. The van der Waals surface area contributed by atoms with Crippen molar-refractivity contribution < 1.29 is 23.4 Å². The predicted molar refractivity (Wildman–Crippen MR) is 74.5 cm³/mol. The SMILES string of the molecule is COc1cc(Cl)c(C(=O)N2CCC(O)(C(F)F)C2)cc1Cl. The molecule has 21 heavy (non-hydrogen) atoms. The van der Waals surface area contributed by atoms with Crippen LogP contribution >= 0.6 is 23.2 Å². The van der Waals surface area contributed by atoms with Gasteiger partial charge in [0.15, 0.2) is 0 Å². The van der Waals surface area contributed by atoms with Gasteiger partial charge >= 0.3 is 0 Å². The lowest BCUT2D eigenvalue weighted by atomic mass is 10.1. The zero-order valence-corrected chi connectivity index (χ0v) is 12.6. The summed E-state index contributed by atoms with van der Waals surface area (Å²) in [5.74, 6) is -0.246. The number of aliphatic hydroxyl groups is 1. The molecule has 0 spiro atoms. The molecule has 116 valence electrons. The molecular weight excluding hydrogens is 327 g/mol. The Morgan fingerprint density at radius 3 is 2.62 bits per heavy atom. The summed E-state index contributed by atoms with van der Waals surface area (Å²) in [5.41, 5.74) is -2.08. The second kappa shape index (κ2) is 5.94. The first-order valence-corrected chi connectivity index (χ1v) is 6.87. The largest absolute Gasteiger partial charge is 0.495 e. The van der Waals surface area contributed by atoms with Crippen molar-refractivity contribution in [3.05, 3.63) is 27.7 Å². The van der Waals surface area contributed by atoms with Gasteiger partial charge in [0, 0.05) is 19.0 Å². The summed E-state index contributed by atoms with van der Waals surface area (Å²) >= 11 is 11.9. The quantitative estimate of drug-likeness (QED) is 0.921. The van der Waals surface area contributed by atoms with Crippen molar-refractivity contribution in [2.24, 2.45) is 0 Å². The number of methoxy groups -OCH3 is 1. The summed E-state index contributed by atoms with van der Waals surface area (Å²) in [7, 11) is 1.41. The van der Waals surface area contributed by atoms with Gasteiger partial charge in [-0.25, -0.2) is 8.78 Å². The lowest BCUT2D eigenvalue weighted by Gasteiger charge is -2.22. The summed E-state index contributed by atoms with van der Waals surface area (Å²) in [6.45, 7) is -0.414. The number of halogens is 4. The zero-order valence-electron chi connectivity index (χ0n) is 11.1. The van der Waals surface area contributed by atoms with Gasteiger partial charge in [-0.2, -0.15) is 0 Å². The van der Waals surface area contributed by atoms with Crippen molar-refractivity contribution in [2.45, 2.75) is 18.4 Å². The van der Waals surface area contributed by atoms with Gasteiger partial charge in [0.1, 0.15) is 11.4 Å². The summed E-state index contributed by atoms with van der Waals surface area (Å²) in [5, 5.41) is 10.0. The number of hydrogen-bond donors (Lipinski definition) is 1. The third-order valence-corrected chi connectivity index (χ3v) is 4.05. The molecule has 0 aliphatic carbocycles. The van der Waals surface area contributed by atoms with Crippen molar-refractivity contribution in [1.82, 2.24) is 4.90 Å². The lowest BCUT2D eigenvalue weighted by molar-refractivity contribution is -0.0855. The highest BCUT2D eigenvalue weighted by molar-refractivity contribution is 6.36. The molecule has 1 aromatic carbocycles. The van der Waals surface area contributed by atoms with E-state index in [2.05, 4.69) is 0 Å². The molecule has 1 aliphatic rings. The van der Waals surface area contributed by atoms with Gasteiger partial charge in [-0.3, -0.25) is 4.79 Å². The fourth-order valence-electron chi connectivity index (χ4n) is 2.19. The molecule has 1 saturated heterocycles. The molecule has 0 aromatic heterocycles. The maximum Gasteiger partial charge on any atom is 0.268 e. The zero-order chi connectivity index (χ0) is 15.8. The Balaban J connectivity index is 2.24. The summed E-state index contributed by atoms with van der Waals surface area (Å²) < 4.78 is 30.5. The molecule has 1 aliphatic heterocycles. The van der Waals surface area contributed by atoms with E-state index < -0.39 is 24.5 Å². The van der Waals surface area contributed by atoms with Crippen molar-refractivity contribution in [3.8, 4) is 5.75 Å². The molecule has 0 saturated carbocycles. The van der Waals surface area contributed by atoms with Crippen LogP contribution in [-0.4, -0.2) is 48.1 Å². The van der Waals surface area contributed by atoms with E-state index in [1.165, 1.54) is 19.2 Å². The van der Waals surface area contributed by atoms with Crippen LogP contribution in [0.2, 0.25) is 10.0 Å². The average molecular weight is 340 g/mol. The Morgan fingerprint density at radius 1 is 1.43 bits per heavy atom. The van der Waals surface area contributed by atoms with E-state index in [0.29, 0.717) is 5.75 Å². The Kier molecular flexibility index (Phi) is 4.60. The third-order valence-electron chi connectivity index (χ3n) is 3.44. The molecule has 0 radical (unpaired) electrons. The Labute approximate surface area is 130 Å². The Bertz CT molecular complexity index is 571. The number of hydrogen-bond acceptors (Lipinski definition) is 3. The first-order valence-electron chi connectivity index (χ1n) is 6.11. The van der Waals surface area contributed by atoms with Gasteiger partial charge in [-0.1, -0.05) is 23.2 Å². The molecule has 8 heteroatoms. The van der Waals surface area contributed by atoms with E-state index in [-0.39, 0.29) is 28.6 Å². The van der Waals surface area contributed by atoms with Crippen LogP contribution in [-0.2, 0) is 0 Å². The molecule has 0 bridgehead atoms. The number of alkyl halides is 2. The number of nitrogens with zero attached hydrogens (tertiary/aromatic N) is 1. The smallest absolute Gasteiger partial charge is 0.268 e. The predicted octanol–water partition coefficient (Wildman–Crippen LogP) is 2.84. The molecule has 1 fully saturated rings. The first-order chi connectivity index (χ1) is 9.78. The number of β-amino-alcohol motifs (C(OH)–C–C–N with tert-alkyl or cyclic N) is 1. The fourth-order valence-corrected chi connectivity index (χ4v) is 2.66. The van der Waals surface area contributed by atoms with E-state index in [4.69, 9.17) is 27.9 Å². The second-order valence-corrected chi connectivity index (χ2v) is 5.66. The molecule has 1 heterocycles. The van der Waals surface area contributed by atoms with Gasteiger partial charge in [0.2, 0.25) is 0 Å². The molecular formula is C13H13Cl2F2NO3. The minimum Gasteiger partial charge on any atom is -0.495 e. The number of benzene rings is 1. The monoisotopic (exact) mass is 339 g/mol. The number of likely N-dealkylation sites (tertiary alicyclic amines) is 1. The summed E-state index contributed by atoms with van der Waals surface area (Å²) in [6.07, 6.45) is -3.09. The second-order valence-electron chi connectivity index (χ2n) is 4.85. The van der Waals surface area contributed by atoms with Crippen LogP contribution in [0.1, 0.15) is 16.8 Å². The van der Waals surface area contributed by atoms with E-state index in [0.717, 1.165) is 4.90 Å². The maximum atomic E-state index is 12.8. The lowest BCUT2D eigenvalue weighted by Crippen LogP contribution is -2.41. The molecule has 1 amide bonds. The van der Waals surface area contributed by atoms with Crippen LogP contribution in [0.15, 0.2) is 12.1 Å². The van der Waals surface area contributed by atoms with E-state index in [9.17, 15) is 18.7 Å². The molecule has 1 atom stereocenters. The molecule has 2 rings (SSSR count). The number of rotatable bonds is 3. The van der Waals surface area contributed by atoms with Gasteiger partial charge in [0.05, 0.1) is 29.3 Å². The van der Waals surface area contributed by atoms with E-state index >= 15 is 0 Å². The molecule has 1 N–H and O–H groups in total. The molecule has 1 aromatic rings. The normalized spacial score (nSPS) is 22.0. The standard InChI is InChI=1S/C13H13Cl2F2NO3/c1-21-10-5-8(14)7(4-9(10)15)11(19)18-3-2-13(20,6-18)12(16)17/h4-5,12,20H,2-3,6H2,1H3. The third kappa shape index (κ3) is 3.07. The van der Waals surface area contributed by atoms with Crippen molar-refractivity contribution >= 4 is 29.1 Å². The van der Waals surface area contributed by atoms with Crippen LogP contribution in [0, 0.1) is 0 Å². The molecule has 1 unspecified atom stereocenters. The highest BCUT2D eigenvalue weighted by atomic mass is 35.5. The number of carbonyl (C=O) groups is 1. The highest BCUT2D eigenvalue weighted by Gasteiger charge is 2.45. The van der Waals surface area contributed by atoms with E-state index in [1.54, 1.807) is 0 Å². The van der Waals surface area contributed by atoms with Crippen LogP contribution in [0.4, 0.5) is 8.78 Å². The van der Waals surface area contributed by atoms with Crippen LogP contribution in [0.25, 0.3) is 0 Å². The van der Waals surface area contributed by atoms with Crippen LogP contribution < -0.4 is 4.74 Å². The van der Waals surface area contributed by atoms with Crippen molar-refractivity contribution in [1.29, 1.82) is 0 Å².